The quantitative estimate of drug-likeness (QED) is 0.797. The Hall–Kier alpha value is -0.230. The number of benzene rings is 1. The summed E-state index contributed by atoms with van der Waals surface area (Å²) in [5.41, 5.74) is 1.90. The van der Waals surface area contributed by atoms with Crippen LogP contribution >= 0.6 is 23.4 Å². The summed E-state index contributed by atoms with van der Waals surface area (Å²) < 4.78 is 27.2. The van der Waals surface area contributed by atoms with Crippen LogP contribution in [0.1, 0.15) is 25.0 Å². The van der Waals surface area contributed by atoms with Crippen molar-refractivity contribution >= 4 is 33.4 Å². The van der Waals surface area contributed by atoms with Crippen molar-refractivity contribution in [1.29, 1.82) is 0 Å². The SMILES string of the molecule is Cc1ccc(S(=O)(=O)N2CCSC(C)C2C)cc1CCl. The maximum Gasteiger partial charge on any atom is 0.243 e. The molecule has 1 heterocycles. The molecular weight excluding hydrogens is 314 g/mol. The van der Waals surface area contributed by atoms with Gasteiger partial charge in [0, 0.05) is 29.5 Å². The largest absolute Gasteiger partial charge is 0.243 e. The van der Waals surface area contributed by atoms with Crippen molar-refractivity contribution in [3.63, 3.8) is 0 Å². The summed E-state index contributed by atoms with van der Waals surface area (Å²) in [4.78, 5) is 0.352. The number of rotatable bonds is 3. The Morgan fingerprint density at radius 2 is 2.10 bits per heavy atom. The van der Waals surface area contributed by atoms with Crippen LogP contribution in [-0.2, 0) is 15.9 Å². The molecule has 3 nitrogen and oxygen atoms in total. The maximum absolute atomic E-state index is 12.8. The van der Waals surface area contributed by atoms with E-state index in [1.165, 1.54) is 0 Å². The van der Waals surface area contributed by atoms with Crippen molar-refractivity contribution in [3.8, 4) is 0 Å². The minimum Gasteiger partial charge on any atom is -0.207 e. The summed E-state index contributed by atoms with van der Waals surface area (Å²) in [6, 6.07) is 5.23. The van der Waals surface area contributed by atoms with Gasteiger partial charge in [0.15, 0.2) is 0 Å². The van der Waals surface area contributed by atoms with Gasteiger partial charge >= 0.3 is 0 Å². The molecule has 0 aliphatic carbocycles. The molecule has 2 atom stereocenters. The molecule has 1 fully saturated rings. The molecule has 1 aromatic carbocycles. The van der Waals surface area contributed by atoms with Gasteiger partial charge in [-0.1, -0.05) is 13.0 Å². The van der Waals surface area contributed by atoms with Crippen LogP contribution < -0.4 is 0 Å². The van der Waals surface area contributed by atoms with Gasteiger partial charge in [0.25, 0.3) is 0 Å². The molecule has 0 saturated carbocycles. The van der Waals surface area contributed by atoms with Gasteiger partial charge in [-0.3, -0.25) is 0 Å². The second-order valence-corrected chi connectivity index (χ2v) is 8.80. The first-order valence-corrected chi connectivity index (χ1v) is 9.69. The highest BCUT2D eigenvalue weighted by atomic mass is 35.5. The lowest BCUT2D eigenvalue weighted by Gasteiger charge is -2.36. The molecule has 20 heavy (non-hydrogen) atoms. The van der Waals surface area contributed by atoms with Crippen LogP contribution in [0.4, 0.5) is 0 Å². The number of alkyl halides is 1. The van der Waals surface area contributed by atoms with E-state index < -0.39 is 10.0 Å². The first kappa shape index (κ1) is 16.1. The number of hydrogen-bond acceptors (Lipinski definition) is 3. The van der Waals surface area contributed by atoms with Crippen molar-refractivity contribution in [3.05, 3.63) is 29.3 Å². The van der Waals surface area contributed by atoms with E-state index in [4.69, 9.17) is 11.6 Å². The Kier molecular flexibility index (Phi) is 5.05. The number of sulfonamides is 1. The van der Waals surface area contributed by atoms with E-state index in [2.05, 4.69) is 6.92 Å². The number of aryl methyl sites for hydroxylation is 1. The monoisotopic (exact) mass is 333 g/mol. The molecule has 2 unspecified atom stereocenters. The summed E-state index contributed by atoms with van der Waals surface area (Å²) >= 11 is 7.70. The van der Waals surface area contributed by atoms with Crippen LogP contribution in [0.2, 0.25) is 0 Å². The Morgan fingerprint density at radius 1 is 1.40 bits per heavy atom. The second-order valence-electron chi connectivity index (χ2n) is 5.15. The molecule has 0 bridgehead atoms. The average Bonchev–Trinajstić information content (AvgIpc) is 2.42. The highest BCUT2D eigenvalue weighted by Crippen LogP contribution is 2.30. The average molecular weight is 334 g/mol. The van der Waals surface area contributed by atoms with Gasteiger partial charge in [-0.2, -0.15) is 16.1 Å². The first-order valence-electron chi connectivity index (χ1n) is 6.67. The van der Waals surface area contributed by atoms with E-state index in [0.29, 0.717) is 22.6 Å². The van der Waals surface area contributed by atoms with Crippen molar-refractivity contribution in [2.24, 2.45) is 0 Å². The van der Waals surface area contributed by atoms with E-state index in [1.54, 1.807) is 16.4 Å². The van der Waals surface area contributed by atoms with Crippen LogP contribution in [0.15, 0.2) is 23.1 Å². The number of halogens is 1. The lowest BCUT2D eigenvalue weighted by molar-refractivity contribution is 0.340. The van der Waals surface area contributed by atoms with Crippen molar-refractivity contribution in [1.82, 2.24) is 4.31 Å². The molecule has 0 N–H and O–H groups in total. The fourth-order valence-electron chi connectivity index (χ4n) is 2.33. The van der Waals surface area contributed by atoms with Gasteiger partial charge in [-0.05, 0) is 37.1 Å². The standard InChI is InChI=1S/C14H20ClNO2S2/c1-10-4-5-14(8-13(10)9-15)20(17,18)16-6-7-19-12(3)11(16)2/h4-5,8,11-12H,6-7,9H2,1-3H3. The smallest absolute Gasteiger partial charge is 0.207 e. The molecule has 1 aliphatic heterocycles. The Bertz CT molecular complexity index is 589. The molecule has 0 spiro atoms. The van der Waals surface area contributed by atoms with Gasteiger partial charge in [-0.15, -0.1) is 11.6 Å². The molecular formula is C14H20ClNO2S2. The van der Waals surface area contributed by atoms with Crippen LogP contribution in [0.3, 0.4) is 0 Å². The normalized spacial score (nSPS) is 24.8. The van der Waals surface area contributed by atoms with Crippen LogP contribution in [0.25, 0.3) is 0 Å². The molecule has 0 aromatic heterocycles. The zero-order valence-corrected chi connectivity index (χ0v) is 14.4. The number of nitrogens with zero attached hydrogens (tertiary/aromatic N) is 1. The molecule has 6 heteroatoms. The van der Waals surface area contributed by atoms with Crippen LogP contribution in [0, 0.1) is 6.92 Å². The molecule has 1 saturated heterocycles. The predicted molar refractivity (Wildman–Crippen MR) is 86.0 cm³/mol. The summed E-state index contributed by atoms with van der Waals surface area (Å²) in [6.07, 6.45) is 0. The van der Waals surface area contributed by atoms with Crippen molar-refractivity contribution in [2.75, 3.05) is 12.3 Å². The zero-order chi connectivity index (χ0) is 14.9. The summed E-state index contributed by atoms with van der Waals surface area (Å²) in [5, 5.41) is 0.316. The lowest BCUT2D eigenvalue weighted by atomic mass is 10.1. The van der Waals surface area contributed by atoms with Gasteiger partial charge in [-0.25, -0.2) is 8.42 Å². The highest BCUT2D eigenvalue weighted by Gasteiger charge is 2.34. The van der Waals surface area contributed by atoms with Crippen molar-refractivity contribution in [2.45, 2.75) is 42.8 Å². The molecule has 0 radical (unpaired) electrons. The van der Waals surface area contributed by atoms with Gasteiger partial charge in [0.1, 0.15) is 0 Å². The van der Waals surface area contributed by atoms with E-state index in [1.807, 2.05) is 31.7 Å². The third-order valence-corrected chi connectivity index (χ3v) is 7.51. The summed E-state index contributed by atoms with van der Waals surface area (Å²) in [6.45, 7) is 6.57. The topological polar surface area (TPSA) is 37.4 Å². The van der Waals surface area contributed by atoms with Gasteiger partial charge < -0.3 is 0 Å². The minimum absolute atomic E-state index is 0.0134. The van der Waals surface area contributed by atoms with E-state index in [-0.39, 0.29) is 6.04 Å². The fourth-order valence-corrected chi connectivity index (χ4v) is 5.67. The van der Waals surface area contributed by atoms with Gasteiger partial charge in [0.05, 0.1) is 4.90 Å². The van der Waals surface area contributed by atoms with E-state index in [9.17, 15) is 8.42 Å². The third-order valence-electron chi connectivity index (χ3n) is 3.90. The summed E-state index contributed by atoms with van der Waals surface area (Å²) in [5.74, 6) is 1.18. The Morgan fingerprint density at radius 3 is 2.75 bits per heavy atom. The lowest BCUT2D eigenvalue weighted by Crippen LogP contribution is -2.47. The minimum atomic E-state index is -3.43. The first-order chi connectivity index (χ1) is 9.37. The second kappa shape index (κ2) is 6.26. The maximum atomic E-state index is 12.8. The summed E-state index contributed by atoms with van der Waals surface area (Å²) in [7, 11) is -3.43. The number of thioether (sulfide) groups is 1. The molecule has 112 valence electrons. The highest BCUT2D eigenvalue weighted by molar-refractivity contribution is 8.00. The number of hydrogen-bond donors (Lipinski definition) is 0. The zero-order valence-electron chi connectivity index (χ0n) is 12.0. The predicted octanol–water partition coefficient (Wildman–Crippen LogP) is 3.25. The van der Waals surface area contributed by atoms with Crippen LogP contribution in [-0.4, -0.2) is 36.3 Å². The third kappa shape index (κ3) is 3.01. The van der Waals surface area contributed by atoms with Crippen LogP contribution in [0.5, 0.6) is 0 Å². The molecule has 2 rings (SSSR count). The van der Waals surface area contributed by atoms with Gasteiger partial charge in [0.2, 0.25) is 10.0 Å². The Balaban J connectivity index is 2.39. The molecule has 0 amide bonds. The molecule has 1 aliphatic rings. The van der Waals surface area contributed by atoms with E-state index >= 15 is 0 Å². The van der Waals surface area contributed by atoms with Crippen molar-refractivity contribution < 1.29 is 8.42 Å². The van der Waals surface area contributed by atoms with E-state index in [0.717, 1.165) is 16.9 Å². The Labute approximate surface area is 130 Å². The molecule has 1 aromatic rings. The fraction of sp³-hybridized carbons (Fsp3) is 0.571.